The molecule has 3 rings (SSSR count). The van der Waals surface area contributed by atoms with Crippen LogP contribution in [0.3, 0.4) is 0 Å². The molecule has 2 aliphatic heterocycles. The lowest BCUT2D eigenvalue weighted by atomic mass is 9.78. The van der Waals surface area contributed by atoms with Gasteiger partial charge in [-0.3, -0.25) is 4.90 Å². The molecule has 100 valence electrons. The van der Waals surface area contributed by atoms with Gasteiger partial charge in [-0.1, -0.05) is 6.07 Å². The van der Waals surface area contributed by atoms with Gasteiger partial charge in [-0.2, -0.15) is 0 Å². The molecule has 0 aromatic carbocycles. The van der Waals surface area contributed by atoms with Gasteiger partial charge in [0.2, 0.25) is 0 Å². The number of piperazine rings is 1. The normalized spacial score (nSPS) is 25.6. The average Bonchev–Trinajstić information content (AvgIpc) is 2.88. The summed E-state index contributed by atoms with van der Waals surface area (Å²) in [6.07, 6.45) is 1.23. The standard InChI is InChI=1S/C14H22N2OS/c1-12(16-6-4-15-5-7-16)9-14(10-17-11-14)13-3-2-8-18-13/h2-3,8,12,15H,4-7,9-11H2,1H3. The lowest BCUT2D eigenvalue weighted by Crippen LogP contribution is -2.53. The molecule has 1 atom stereocenters. The zero-order chi connectivity index (χ0) is 12.4. The topological polar surface area (TPSA) is 24.5 Å². The van der Waals surface area contributed by atoms with Crippen LogP contribution in [-0.2, 0) is 10.2 Å². The second-order valence-corrected chi connectivity index (χ2v) is 6.54. The van der Waals surface area contributed by atoms with Gasteiger partial charge in [0.25, 0.3) is 0 Å². The third-order valence-corrected chi connectivity index (χ3v) is 5.38. The number of rotatable bonds is 4. The van der Waals surface area contributed by atoms with E-state index < -0.39 is 0 Å². The minimum absolute atomic E-state index is 0.304. The fourth-order valence-corrected chi connectivity index (χ4v) is 4.02. The summed E-state index contributed by atoms with van der Waals surface area (Å²) in [5.41, 5.74) is 0.304. The quantitative estimate of drug-likeness (QED) is 0.898. The molecule has 0 radical (unpaired) electrons. The summed E-state index contributed by atoms with van der Waals surface area (Å²) in [5.74, 6) is 0. The summed E-state index contributed by atoms with van der Waals surface area (Å²) in [6.45, 7) is 8.82. The van der Waals surface area contributed by atoms with Crippen LogP contribution >= 0.6 is 11.3 Å². The summed E-state index contributed by atoms with van der Waals surface area (Å²) in [6, 6.07) is 5.09. The summed E-state index contributed by atoms with van der Waals surface area (Å²) in [7, 11) is 0. The summed E-state index contributed by atoms with van der Waals surface area (Å²) < 4.78 is 5.53. The zero-order valence-corrected chi connectivity index (χ0v) is 11.8. The summed E-state index contributed by atoms with van der Waals surface area (Å²) in [4.78, 5) is 4.13. The van der Waals surface area contributed by atoms with Crippen molar-refractivity contribution in [2.24, 2.45) is 0 Å². The summed E-state index contributed by atoms with van der Waals surface area (Å²) in [5, 5.41) is 5.61. The zero-order valence-electron chi connectivity index (χ0n) is 11.0. The maximum Gasteiger partial charge on any atom is 0.0594 e. The van der Waals surface area contributed by atoms with Crippen molar-refractivity contribution in [1.82, 2.24) is 10.2 Å². The molecule has 18 heavy (non-hydrogen) atoms. The number of thiophene rings is 1. The molecule has 3 heterocycles. The minimum Gasteiger partial charge on any atom is -0.379 e. The maximum atomic E-state index is 5.53. The Morgan fingerprint density at radius 2 is 2.22 bits per heavy atom. The van der Waals surface area contributed by atoms with E-state index in [1.54, 1.807) is 0 Å². The molecule has 2 fully saturated rings. The Bertz CT molecular complexity index is 369. The van der Waals surface area contributed by atoms with E-state index in [4.69, 9.17) is 4.74 Å². The van der Waals surface area contributed by atoms with E-state index in [2.05, 4.69) is 34.7 Å². The minimum atomic E-state index is 0.304. The fourth-order valence-electron chi connectivity index (χ4n) is 3.11. The highest BCUT2D eigenvalue weighted by molar-refractivity contribution is 7.10. The third-order valence-electron chi connectivity index (χ3n) is 4.26. The van der Waals surface area contributed by atoms with Crippen molar-refractivity contribution in [2.45, 2.75) is 24.8 Å². The van der Waals surface area contributed by atoms with Crippen LogP contribution in [0.1, 0.15) is 18.2 Å². The molecule has 3 nitrogen and oxygen atoms in total. The van der Waals surface area contributed by atoms with Crippen LogP contribution in [-0.4, -0.2) is 50.3 Å². The second kappa shape index (κ2) is 5.29. The Balaban J connectivity index is 1.66. The Morgan fingerprint density at radius 3 is 2.78 bits per heavy atom. The highest BCUT2D eigenvalue weighted by atomic mass is 32.1. The molecule has 0 saturated carbocycles. The molecule has 2 saturated heterocycles. The van der Waals surface area contributed by atoms with Gasteiger partial charge in [-0.25, -0.2) is 0 Å². The first-order chi connectivity index (χ1) is 8.80. The first-order valence-corrected chi connectivity index (χ1v) is 7.75. The van der Waals surface area contributed by atoms with Crippen molar-refractivity contribution in [1.29, 1.82) is 0 Å². The van der Waals surface area contributed by atoms with E-state index in [0.29, 0.717) is 11.5 Å². The number of ether oxygens (including phenoxy) is 1. The van der Waals surface area contributed by atoms with Gasteiger partial charge in [0.1, 0.15) is 0 Å². The van der Waals surface area contributed by atoms with Crippen LogP contribution in [0, 0.1) is 0 Å². The van der Waals surface area contributed by atoms with Crippen LogP contribution in [0.2, 0.25) is 0 Å². The molecule has 1 aromatic heterocycles. The van der Waals surface area contributed by atoms with Gasteiger partial charge in [0.15, 0.2) is 0 Å². The molecule has 1 aromatic rings. The number of nitrogens with zero attached hydrogens (tertiary/aromatic N) is 1. The largest absolute Gasteiger partial charge is 0.379 e. The number of hydrogen-bond acceptors (Lipinski definition) is 4. The average molecular weight is 266 g/mol. The van der Waals surface area contributed by atoms with E-state index in [1.165, 1.54) is 24.4 Å². The van der Waals surface area contributed by atoms with Crippen molar-refractivity contribution >= 4 is 11.3 Å². The van der Waals surface area contributed by atoms with Gasteiger partial charge in [-0.15, -0.1) is 11.3 Å². The number of nitrogens with one attached hydrogen (secondary N) is 1. The van der Waals surface area contributed by atoms with Crippen molar-refractivity contribution in [3.63, 3.8) is 0 Å². The van der Waals surface area contributed by atoms with Gasteiger partial charge in [-0.05, 0) is 24.8 Å². The molecule has 0 amide bonds. The molecule has 4 heteroatoms. The Hall–Kier alpha value is -0.420. The second-order valence-electron chi connectivity index (χ2n) is 5.59. The Morgan fingerprint density at radius 1 is 1.44 bits per heavy atom. The van der Waals surface area contributed by atoms with E-state index >= 15 is 0 Å². The van der Waals surface area contributed by atoms with E-state index in [-0.39, 0.29) is 0 Å². The molecule has 2 aliphatic rings. The molecular formula is C14H22N2OS. The summed E-state index contributed by atoms with van der Waals surface area (Å²) >= 11 is 1.88. The Kier molecular flexibility index (Phi) is 3.71. The maximum absolute atomic E-state index is 5.53. The van der Waals surface area contributed by atoms with Gasteiger partial charge >= 0.3 is 0 Å². The predicted molar refractivity (Wildman–Crippen MR) is 75.3 cm³/mol. The fraction of sp³-hybridized carbons (Fsp3) is 0.714. The van der Waals surface area contributed by atoms with Crippen LogP contribution in [0.4, 0.5) is 0 Å². The lowest BCUT2D eigenvalue weighted by molar-refractivity contribution is -0.0728. The van der Waals surface area contributed by atoms with Crippen LogP contribution in [0.25, 0.3) is 0 Å². The smallest absolute Gasteiger partial charge is 0.0594 e. The van der Waals surface area contributed by atoms with Crippen molar-refractivity contribution in [3.8, 4) is 0 Å². The third kappa shape index (κ3) is 2.35. The van der Waals surface area contributed by atoms with E-state index in [9.17, 15) is 0 Å². The van der Waals surface area contributed by atoms with Gasteiger partial charge in [0, 0.05) is 37.1 Å². The Labute approximate surface area is 113 Å². The van der Waals surface area contributed by atoms with Crippen LogP contribution in [0.5, 0.6) is 0 Å². The SMILES string of the molecule is CC(CC1(c2cccs2)COC1)N1CCNCC1. The first kappa shape index (κ1) is 12.6. The molecule has 1 N–H and O–H groups in total. The highest BCUT2D eigenvalue weighted by Crippen LogP contribution is 2.40. The molecular weight excluding hydrogens is 244 g/mol. The predicted octanol–water partition coefficient (Wildman–Crippen LogP) is 1.70. The lowest BCUT2D eigenvalue weighted by Gasteiger charge is -2.45. The molecule has 1 unspecified atom stereocenters. The van der Waals surface area contributed by atoms with Gasteiger partial charge in [0.05, 0.1) is 18.6 Å². The monoisotopic (exact) mass is 266 g/mol. The van der Waals surface area contributed by atoms with Crippen molar-refractivity contribution < 1.29 is 4.74 Å². The molecule has 0 bridgehead atoms. The van der Waals surface area contributed by atoms with Gasteiger partial charge < -0.3 is 10.1 Å². The van der Waals surface area contributed by atoms with Crippen molar-refractivity contribution in [3.05, 3.63) is 22.4 Å². The van der Waals surface area contributed by atoms with Crippen LogP contribution < -0.4 is 5.32 Å². The molecule has 0 aliphatic carbocycles. The molecule has 0 spiro atoms. The van der Waals surface area contributed by atoms with Crippen LogP contribution in [0.15, 0.2) is 17.5 Å². The first-order valence-electron chi connectivity index (χ1n) is 6.87. The van der Waals surface area contributed by atoms with E-state index in [1.807, 2.05) is 11.3 Å². The highest BCUT2D eigenvalue weighted by Gasteiger charge is 2.43. The van der Waals surface area contributed by atoms with E-state index in [0.717, 1.165) is 26.3 Å². The number of hydrogen-bond donors (Lipinski definition) is 1. The van der Waals surface area contributed by atoms with Crippen molar-refractivity contribution in [2.75, 3.05) is 39.4 Å².